The van der Waals surface area contributed by atoms with E-state index in [9.17, 15) is 16.8 Å². The minimum atomic E-state index is -3.79. The number of sulfonamides is 1. The van der Waals surface area contributed by atoms with E-state index in [1.807, 2.05) is 0 Å². The van der Waals surface area contributed by atoms with Gasteiger partial charge in [-0.2, -0.15) is 0 Å². The highest BCUT2D eigenvalue weighted by Gasteiger charge is 2.22. The molecule has 1 aliphatic carbocycles. The van der Waals surface area contributed by atoms with Crippen LogP contribution in [0.15, 0.2) is 28.0 Å². The normalized spacial score (nSPS) is 16.0. The number of hydrogen-bond acceptors (Lipinski definition) is 5. The number of rotatable bonds is 7. The van der Waals surface area contributed by atoms with E-state index in [0.717, 1.165) is 31.1 Å². The van der Waals surface area contributed by atoms with E-state index in [1.165, 1.54) is 25.0 Å². The van der Waals surface area contributed by atoms with Crippen LogP contribution in [0.4, 0.5) is 5.69 Å². The number of nitrogens with one attached hydrogen (secondary N) is 1. The van der Waals surface area contributed by atoms with Gasteiger partial charge in [0.1, 0.15) is 4.90 Å². The lowest BCUT2D eigenvalue weighted by Gasteiger charge is -2.10. The molecule has 0 radical (unpaired) electrons. The zero-order valence-corrected chi connectivity index (χ0v) is 13.5. The Morgan fingerprint density at radius 2 is 1.90 bits per heavy atom. The Kier molecular flexibility index (Phi) is 4.60. The van der Waals surface area contributed by atoms with Crippen LogP contribution in [0.1, 0.15) is 25.7 Å². The molecule has 2 rings (SSSR count). The zero-order valence-electron chi connectivity index (χ0n) is 11.9. The molecular formula is C13H20N2O4S2. The zero-order chi connectivity index (χ0) is 15.7. The van der Waals surface area contributed by atoms with Gasteiger partial charge in [0.25, 0.3) is 0 Å². The van der Waals surface area contributed by atoms with Crippen LogP contribution in [-0.4, -0.2) is 29.6 Å². The minimum absolute atomic E-state index is 0.0390. The van der Waals surface area contributed by atoms with Crippen molar-refractivity contribution >= 4 is 25.5 Å². The molecule has 8 heteroatoms. The summed E-state index contributed by atoms with van der Waals surface area (Å²) in [5.74, 6) is 0.744. The monoisotopic (exact) mass is 332 g/mol. The Morgan fingerprint density at radius 1 is 1.24 bits per heavy atom. The van der Waals surface area contributed by atoms with Gasteiger partial charge in [-0.25, -0.2) is 21.6 Å². The Hall–Kier alpha value is -1.12. The third kappa shape index (κ3) is 4.42. The Balaban J connectivity index is 2.13. The average molecular weight is 332 g/mol. The first kappa shape index (κ1) is 16.3. The molecule has 3 N–H and O–H groups in total. The molecule has 0 heterocycles. The molecule has 1 aliphatic rings. The topological polar surface area (TPSA) is 106 Å². The summed E-state index contributed by atoms with van der Waals surface area (Å²) in [5.41, 5.74) is 5.71. The first-order chi connectivity index (χ1) is 9.70. The van der Waals surface area contributed by atoms with Gasteiger partial charge < -0.3 is 5.73 Å². The van der Waals surface area contributed by atoms with Crippen molar-refractivity contribution in [2.75, 3.05) is 18.5 Å². The maximum Gasteiger partial charge on any atom is 0.242 e. The maximum atomic E-state index is 12.2. The molecule has 1 fully saturated rings. The SMILES string of the molecule is CS(=O)(=O)c1ccc(N)c(S(=O)(=O)NCCCC2CC2)c1. The molecule has 0 amide bonds. The second-order valence-electron chi connectivity index (χ2n) is 5.46. The molecule has 118 valence electrons. The Labute approximate surface area is 125 Å². The van der Waals surface area contributed by atoms with Crippen LogP contribution in [0.25, 0.3) is 0 Å². The summed E-state index contributed by atoms with van der Waals surface area (Å²) >= 11 is 0. The van der Waals surface area contributed by atoms with E-state index in [4.69, 9.17) is 5.73 Å². The van der Waals surface area contributed by atoms with E-state index >= 15 is 0 Å². The molecule has 0 unspecified atom stereocenters. The minimum Gasteiger partial charge on any atom is -0.398 e. The van der Waals surface area contributed by atoms with Crippen LogP contribution in [0.3, 0.4) is 0 Å². The van der Waals surface area contributed by atoms with E-state index < -0.39 is 19.9 Å². The van der Waals surface area contributed by atoms with Gasteiger partial charge in [-0.3, -0.25) is 0 Å². The van der Waals surface area contributed by atoms with Gasteiger partial charge >= 0.3 is 0 Å². The predicted molar refractivity (Wildman–Crippen MR) is 81.1 cm³/mol. The van der Waals surface area contributed by atoms with Crippen molar-refractivity contribution in [1.82, 2.24) is 4.72 Å². The van der Waals surface area contributed by atoms with Crippen molar-refractivity contribution in [3.05, 3.63) is 18.2 Å². The van der Waals surface area contributed by atoms with E-state index in [1.54, 1.807) is 0 Å². The molecule has 1 aromatic carbocycles. The van der Waals surface area contributed by atoms with Gasteiger partial charge in [0, 0.05) is 12.8 Å². The fourth-order valence-corrected chi connectivity index (χ4v) is 4.01. The number of sulfone groups is 1. The van der Waals surface area contributed by atoms with Crippen LogP contribution < -0.4 is 10.5 Å². The highest BCUT2D eigenvalue weighted by atomic mass is 32.2. The number of hydrogen-bond donors (Lipinski definition) is 2. The lowest BCUT2D eigenvalue weighted by atomic mass is 10.2. The molecule has 1 saturated carbocycles. The summed E-state index contributed by atoms with van der Waals surface area (Å²) in [6.07, 6.45) is 5.28. The van der Waals surface area contributed by atoms with Crippen molar-refractivity contribution in [3.63, 3.8) is 0 Å². The van der Waals surface area contributed by atoms with Crippen molar-refractivity contribution in [2.24, 2.45) is 5.92 Å². The van der Waals surface area contributed by atoms with Crippen LogP contribution in [0.5, 0.6) is 0 Å². The van der Waals surface area contributed by atoms with Crippen molar-refractivity contribution in [3.8, 4) is 0 Å². The number of nitrogen functional groups attached to an aromatic ring is 1. The Morgan fingerprint density at radius 3 is 2.48 bits per heavy atom. The maximum absolute atomic E-state index is 12.2. The fourth-order valence-electron chi connectivity index (χ4n) is 2.06. The largest absolute Gasteiger partial charge is 0.398 e. The first-order valence-corrected chi connectivity index (χ1v) is 10.2. The van der Waals surface area contributed by atoms with Crippen LogP contribution in [0.2, 0.25) is 0 Å². The van der Waals surface area contributed by atoms with Gasteiger partial charge in [0.15, 0.2) is 9.84 Å². The molecule has 0 bridgehead atoms. The number of nitrogens with two attached hydrogens (primary N) is 1. The summed E-state index contributed by atoms with van der Waals surface area (Å²) in [5, 5.41) is 0. The van der Waals surface area contributed by atoms with Gasteiger partial charge in [-0.15, -0.1) is 0 Å². The highest BCUT2D eigenvalue weighted by molar-refractivity contribution is 7.91. The average Bonchev–Trinajstić information content (AvgIpc) is 3.17. The lowest BCUT2D eigenvalue weighted by molar-refractivity contribution is 0.572. The molecule has 6 nitrogen and oxygen atoms in total. The molecule has 0 aliphatic heterocycles. The van der Waals surface area contributed by atoms with Gasteiger partial charge in [-0.05, 0) is 37.0 Å². The molecule has 0 aromatic heterocycles. The van der Waals surface area contributed by atoms with Gasteiger partial charge in [0.05, 0.1) is 10.6 Å². The number of benzene rings is 1. The standard InChI is InChI=1S/C13H20N2O4S2/c1-20(16,17)11-6-7-12(14)13(9-11)21(18,19)15-8-2-3-10-4-5-10/h6-7,9-10,15H,2-5,8,14H2,1H3. The molecule has 0 saturated heterocycles. The van der Waals surface area contributed by atoms with E-state index in [0.29, 0.717) is 6.54 Å². The smallest absolute Gasteiger partial charge is 0.242 e. The molecular weight excluding hydrogens is 312 g/mol. The molecule has 0 atom stereocenters. The first-order valence-electron chi connectivity index (χ1n) is 6.79. The van der Waals surface area contributed by atoms with Gasteiger partial charge in [-0.1, -0.05) is 12.8 Å². The summed E-state index contributed by atoms with van der Waals surface area (Å²) in [6, 6.07) is 3.71. The fraction of sp³-hybridized carbons (Fsp3) is 0.538. The van der Waals surface area contributed by atoms with Crippen LogP contribution in [0, 0.1) is 5.92 Å². The predicted octanol–water partition coefficient (Wildman–Crippen LogP) is 1.14. The van der Waals surface area contributed by atoms with Crippen LogP contribution in [-0.2, 0) is 19.9 Å². The van der Waals surface area contributed by atoms with Crippen molar-refractivity contribution < 1.29 is 16.8 Å². The Bertz CT molecular complexity index is 723. The second-order valence-corrected chi connectivity index (χ2v) is 9.21. The quantitative estimate of drug-likeness (QED) is 0.575. The second kappa shape index (κ2) is 5.94. The summed E-state index contributed by atoms with van der Waals surface area (Å²) < 4.78 is 49.9. The van der Waals surface area contributed by atoms with Crippen LogP contribution >= 0.6 is 0 Å². The van der Waals surface area contributed by atoms with E-state index in [-0.39, 0.29) is 15.5 Å². The third-order valence-corrected chi connectivity index (χ3v) is 6.11. The molecule has 0 spiro atoms. The van der Waals surface area contributed by atoms with E-state index in [2.05, 4.69) is 4.72 Å². The van der Waals surface area contributed by atoms with Crippen molar-refractivity contribution in [1.29, 1.82) is 0 Å². The third-order valence-electron chi connectivity index (χ3n) is 3.48. The summed E-state index contributed by atoms with van der Waals surface area (Å²) in [4.78, 5) is -0.244. The van der Waals surface area contributed by atoms with Gasteiger partial charge in [0.2, 0.25) is 10.0 Å². The van der Waals surface area contributed by atoms with Crippen molar-refractivity contribution in [2.45, 2.75) is 35.5 Å². The molecule has 1 aromatic rings. The molecule has 21 heavy (non-hydrogen) atoms. The summed E-state index contributed by atoms with van der Waals surface area (Å²) in [6.45, 7) is 0.335. The lowest BCUT2D eigenvalue weighted by Crippen LogP contribution is -2.26. The highest BCUT2D eigenvalue weighted by Crippen LogP contribution is 2.33. The summed E-state index contributed by atoms with van der Waals surface area (Å²) in [7, 11) is -7.27. The number of anilines is 1.